The molecule has 4 unspecified atom stereocenters. The molecule has 0 spiro atoms. The van der Waals surface area contributed by atoms with E-state index in [9.17, 15) is 33.8 Å². The number of aliphatic hydroxyl groups excluding tert-OH is 2. The minimum Gasteiger partial charge on any atom is -0.438 e. The SMILES string of the molecule is CC(=O)OCOP1(=O)OC[C@H]2O[C@@H](n3cnc4c(N)ncnc43)[C@@H](O)C2OP(=O)(O)OC[C@H]2O[C@@H](n3cnc4c(=O)[nH]c(N)nc43)[C@@H](O1)C2O. The van der Waals surface area contributed by atoms with Gasteiger partial charge in [-0.05, 0) is 0 Å². The van der Waals surface area contributed by atoms with Crippen LogP contribution in [0.4, 0.5) is 11.8 Å². The number of aliphatic hydroxyl groups is 2. The number of nitrogen functional groups attached to an aromatic ring is 2. The van der Waals surface area contributed by atoms with E-state index in [1.807, 2.05) is 0 Å². The molecule has 27 heteroatoms. The summed E-state index contributed by atoms with van der Waals surface area (Å²) in [6.07, 6.45) is -9.47. The Labute approximate surface area is 277 Å². The number of hydrogen-bond acceptors (Lipinski definition) is 21. The van der Waals surface area contributed by atoms with Crippen molar-refractivity contribution in [3.63, 3.8) is 0 Å². The number of anilines is 2. The molecule has 7 heterocycles. The molecule has 0 saturated carbocycles. The van der Waals surface area contributed by atoms with Crippen LogP contribution in [0.2, 0.25) is 0 Å². The van der Waals surface area contributed by atoms with Crippen LogP contribution in [0, 0.1) is 0 Å². The number of aromatic amines is 1. The molecule has 0 aromatic carbocycles. The maximum absolute atomic E-state index is 14.2. The van der Waals surface area contributed by atoms with E-state index in [1.165, 1.54) is 10.9 Å². The van der Waals surface area contributed by atoms with Crippen LogP contribution in [0.3, 0.4) is 0 Å². The summed E-state index contributed by atoms with van der Waals surface area (Å²) < 4.78 is 73.4. The summed E-state index contributed by atoms with van der Waals surface area (Å²) in [7, 11) is -10.1. The van der Waals surface area contributed by atoms with Crippen molar-refractivity contribution in [3.05, 3.63) is 29.3 Å². The smallest absolute Gasteiger partial charge is 0.438 e. The lowest BCUT2D eigenvalue weighted by Gasteiger charge is -2.27. The van der Waals surface area contributed by atoms with Gasteiger partial charge < -0.3 is 40.8 Å². The zero-order valence-corrected chi connectivity index (χ0v) is 27.2. The van der Waals surface area contributed by atoms with Crippen molar-refractivity contribution in [2.75, 3.05) is 31.5 Å². The molecule has 0 aliphatic carbocycles. The monoisotopic (exact) mass is 746 g/mol. The Kier molecular flexibility index (Phi) is 8.95. The maximum atomic E-state index is 14.2. The van der Waals surface area contributed by atoms with Crippen LogP contribution >= 0.6 is 15.6 Å². The number of H-pyrrole nitrogens is 1. The summed E-state index contributed by atoms with van der Waals surface area (Å²) in [6, 6.07) is 0. The van der Waals surface area contributed by atoms with Gasteiger partial charge in [0.25, 0.3) is 5.56 Å². The number of phosphoric acid groups is 2. The molecule has 3 aliphatic rings. The van der Waals surface area contributed by atoms with E-state index in [0.717, 1.165) is 24.1 Å². The second-order valence-corrected chi connectivity index (χ2v) is 14.0. The third-order valence-corrected chi connectivity index (χ3v) is 10.2. The van der Waals surface area contributed by atoms with Crippen LogP contribution in [0.5, 0.6) is 0 Å². The maximum Gasteiger partial charge on any atom is 0.478 e. The number of esters is 1. The predicted molar refractivity (Wildman–Crippen MR) is 159 cm³/mol. The minimum atomic E-state index is -5.12. The summed E-state index contributed by atoms with van der Waals surface area (Å²) in [5.74, 6) is -1.10. The zero-order valence-electron chi connectivity index (χ0n) is 25.4. The van der Waals surface area contributed by atoms with Crippen LogP contribution < -0.4 is 17.0 Å². The second kappa shape index (κ2) is 13.0. The van der Waals surface area contributed by atoms with Crippen molar-refractivity contribution in [1.29, 1.82) is 0 Å². The summed E-state index contributed by atoms with van der Waals surface area (Å²) >= 11 is 0. The molecule has 10 atom stereocenters. The van der Waals surface area contributed by atoms with E-state index >= 15 is 0 Å². The molecule has 3 saturated heterocycles. The Morgan fingerprint density at radius 3 is 2.42 bits per heavy atom. The second-order valence-electron chi connectivity index (χ2n) is 11.0. The van der Waals surface area contributed by atoms with Gasteiger partial charge in [-0.3, -0.25) is 41.8 Å². The quantitative estimate of drug-likeness (QED) is 0.0745. The Balaban J connectivity index is 1.25. The first-order valence-electron chi connectivity index (χ1n) is 14.4. The zero-order chi connectivity index (χ0) is 35.5. The number of rotatable bonds is 5. The van der Waals surface area contributed by atoms with Gasteiger partial charge in [0, 0.05) is 6.92 Å². The fraction of sp³-hybridized carbons (Fsp3) is 0.522. The molecule has 50 heavy (non-hydrogen) atoms. The fourth-order valence-corrected chi connectivity index (χ4v) is 7.73. The van der Waals surface area contributed by atoms with Gasteiger partial charge >= 0.3 is 21.6 Å². The third-order valence-electron chi connectivity index (χ3n) is 7.79. The standard InChI is InChI=1S/C23H28N10O15P2/c1-8(34)41-7-44-50(40)43-3-10-15(14(36)21(46-10)32-5-28-11-17(24)26-4-27-18(11)32)47-49(38,39)42-2-9-13(35)16(48-50)22(45-9)33-6-29-12-19(33)30-23(25)31-20(12)37/h4-6,9-10,13-16,21-22,35-36H,2-3,7H2,1H3,(H,38,39)(H2,24,26,27)(H3,25,30,31,37)/t9-,10-,13?,14+,15?,16+,21-,22-,50?/m1/s1. The van der Waals surface area contributed by atoms with Gasteiger partial charge in [-0.15, -0.1) is 0 Å². The average molecular weight is 746 g/mol. The number of carbonyl (C=O) groups excluding carboxylic acids is 1. The number of ether oxygens (including phenoxy) is 3. The van der Waals surface area contributed by atoms with E-state index in [-0.39, 0.29) is 34.1 Å². The van der Waals surface area contributed by atoms with Crippen LogP contribution in [-0.2, 0) is 50.8 Å². The fourth-order valence-electron chi connectivity index (χ4n) is 5.53. The van der Waals surface area contributed by atoms with Crippen molar-refractivity contribution >= 4 is 55.7 Å². The van der Waals surface area contributed by atoms with Crippen molar-refractivity contribution < 1.29 is 65.9 Å². The molecule has 8 N–H and O–H groups in total. The topological polar surface area (TPSA) is 345 Å². The van der Waals surface area contributed by atoms with E-state index < -0.39 is 96.3 Å². The Hall–Kier alpha value is -3.97. The number of phosphoric ester groups is 2. The molecular weight excluding hydrogens is 718 g/mol. The van der Waals surface area contributed by atoms with Crippen LogP contribution in [0.15, 0.2) is 23.8 Å². The normalized spacial score (nSPS) is 35.0. The number of fused-ring (bicyclic) bond motifs is 5. The molecule has 25 nitrogen and oxygen atoms in total. The predicted octanol–water partition coefficient (Wildman–Crippen LogP) is -1.80. The van der Waals surface area contributed by atoms with Gasteiger partial charge in [-0.1, -0.05) is 0 Å². The summed E-state index contributed by atoms with van der Waals surface area (Å²) in [5, 5.41) is 22.6. The Morgan fingerprint density at radius 2 is 1.66 bits per heavy atom. The highest BCUT2D eigenvalue weighted by molar-refractivity contribution is 7.48. The van der Waals surface area contributed by atoms with Crippen molar-refractivity contribution in [1.82, 2.24) is 39.0 Å². The number of nitrogens with zero attached hydrogens (tertiary/aromatic N) is 7. The molecule has 3 fully saturated rings. The number of carbonyl (C=O) groups is 1. The molecule has 3 aliphatic heterocycles. The highest BCUT2D eigenvalue weighted by atomic mass is 31.2. The number of nitrogens with one attached hydrogen (secondary N) is 1. The molecule has 4 aromatic rings. The van der Waals surface area contributed by atoms with Crippen molar-refractivity contribution in [3.8, 4) is 0 Å². The summed E-state index contributed by atoms with van der Waals surface area (Å²) in [6.45, 7) is -1.58. The van der Waals surface area contributed by atoms with Gasteiger partial charge in [-0.25, -0.2) is 33.6 Å². The van der Waals surface area contributed by atoms with E-state index in [0.29, 0.717) is 0 Å². The lowest BCUT2D eigenvalue weighted by molar-refractivity contribution is -0.149. The Morgan fingerprint density at radius 1 is 0.960 bits per heavy atom. The molecule has 0 amide bonds. The molecule has 7 rings (SSSR count). The molecule has 270 valence electrons. The highest BCUT2D eigenvalue weighted by Gasteiger charge is 2.54. The minimum absolute atomic E-state index is 0.0201. The number of nitrogens with two attached hydrogens (primary N) is 2. The van der Waals surface area contributed by atoms with E-state index in [2.05, 4.69) is 29.9 Å². The number of hydrogen-bond donors (Lipinski definition) is 6. The summed E-state index contributed by atoms with van der Waals surface area (Å²) in [5.41, 5.74) is 10.8. The number of imidazole rings is 2. The highest BCUT2D eigenvalue weighted by Crippen LogP contribution is 2.56. The molecular formula is C23H28N10O15P2. The van der Waals surface area contributed by atoms with Crippen LogP contribution in [0.1, 0.15) is 19.4 Å². The molecule has 4 aromatic heterocycles. The lowest BCUT2D eigenvalue weighted by atomic mass is 10.1. The third kappa shape index (κ3) is 6.38. The van der Waals surface area contributed by atoms with Crippen molar-refractivity contribution in [2.45, 2.75) is 56.0 Å². The van der Waals surface area contributed by atoms with Crippen LogP contribution in [0.25, 0.3) is 22.3 Å². The summed E-state index contributed by atoms with van der Waals surface area (Å²) in [4.78, 5) is 57.0. The van der Waals surface area contributed by atoms with Crippen LogP contribution in [-0.4, -0.2) is 117 Å². The average Bonchev–Trinajstić information content (AvgIpc) is 3.80. The van der Waals surface area contributed by atoms with Gasteiger partial charge in [0.15, 0.2) is 35.1 Å². The number of aromatic nitrogens is 8. The van der Waals surface area contributed by atoms with Gasteiger partial charge in [0.1, 0.15) is 48.5 Å². The largest absolute Gasteiger partial charge is 0.478 e. The van der Waals surface area contributed by atoms with Crippen molar-refractivity contribution in [2.24, 2.45) is 0 Å². The van der Waals surface area contributed by atoms with Gasteiger partial charge in [0.2, 0.25) is 12.7 Å². The molecule has 2 bridgehead atoms. The molecule has 0 radical (unpaired) electrons. The van der Waals surface area contributed by atoms with Gasteiger partial charge in [0.05, 0.1) is 25.9 Å². The van der Waals surface area contributed by atoms with Gasteiger partial charge in [-0.2, -0.15) is 4.98 Å². The first-order valence-corrected chi connectivity index (χ1v) is 17.4. The Bertz CT molecular complexity index is 2090. The van der Waals surface area contributed by atoms with E-state index in [1.54, 1.807) is 0 Å². The van der Waals surface area contributed by atoms with E-state index in [4.69, 9.17) is 48.3 Å². The first-order chi connectivity index (χ1) is 23.7. The lowest BCUT2D eigenvalue weighted by Crippen LogP contribution is -2.36. The first kappa shape index (κ1) is 34.5.